The molecule has 0 fully saturated rings. The van der Waals surface area contributed by atoms with Gasteiger partial charge in [-0.1, -0.05) is 13.0 Å². The molecule has 0 saturated heterocycles. The summed E-state index contributed by atoms with van der Waals surface area (Å²) in [4.78, 5) is 4.30. The maximum Gasteiger partial charge on any atom is 0.223 e. The lowest BCUT2D eigenvalue weighted by atomic mass is 10.2. The maximum atomic E-state index is 5.83. The molecule has 1 N–H and O–H groups in total. The van der Waals surface area contributed by atoms with E-state index in [-0.39, 0.29) is 0 Å². The number of ether oxygens (including phenoxy) is 2. The van der Waals surface area contributed by atoms with Crippen LogP contribution in [0.5, 0.6) is 17.4 Å². The second-order valence-electron chi connectivity index (χ2n) is 4.42. The molecular weight excluding hydrogens is 252 g/mol. The zero-order valence-corrected chi connectivity index (χ0v) is 11.9. The molecule has 0 radical (unpaired) electrons. The van der Waals surface area contributed by atoms with Gasteiger partial charge in [0.05, 0.1) is 7.11 Å². The summed E-state index contributed by atoms with van der Waals surface area (Å²) in [5.41, 5.74) is 1.05. The minimum absolute atomic E-state index is 0.640. The highest BCUT2D eigenvalue weighted by atomic mass is 16.5. The van der Waals surface area contributed by atoms with E-state index in [1.165, 1.54) is 0 Å². The lowest BCUT2D eigenvalue weighted by Crippen LogP contribution is -2.14. The van der Waals surface area contributed by atoms with Gasteiger partial charge in [-0.2, -0.15) is 0 Å². The Balaban J connectivity index is 2.07. The van der Waals surface area contributed by atoms with E-state index in [0.29, 0.717) is 5.88 Å². The number of pyridine rings is 1. The molecule has 0 aliphatic rings. The summed E-state index contributed by atoms with van der Waals surface area (Å²) in [6.07, 6.45) is 2.84. The molecule has 1 aromatic carbocycles. The summed E-state index contributed by atoms with van der Waals surface area (Å²) >= 11 is 0. The van der Waals surface area contributed by atoms with Crippen LogP contribution in [-0.4, -0.2) is 18.6 Å². The number of hydrogen-bond donors (Lipinski definition) is 1. The van der Waals surface area contributed by atoms with Gasteiger partial charge in [0.1, 0.15) is 11.5 Å². The molecule has 1 heterocycles. The minimum Gasteiger partial charge on any atom is -0.497 e. The molecule has 106 valence electrons. The molecule has 4 nitrogen and oxygen atoms in total. The van der Waals surface area contributed by atoms with Gasteiger partial charge in [-0.25, -0.2) is 4.98 Å². The van der Waals surface area contributed by atoms with E-state index >= 15 is 0 Å². The van der Waals surface area contributed by atoms with E-state index in [0.717, 1.165) is 36.6 Å². The predicted molar refractivity (Wildman–Crippen MR) is 79.3 cm³/mol. The minimum atomic E-state index is 0.640. The number of rotatable bonds is 7. The van der Waals surface area contributed by atoms with Crippen molar-refractivity contribution in [1.82, 2.24) is 10.3 Å². The molecular formula is C16H20N2O2. The van der Waals surface area contributed by atoms with Crippen LogP contribution >= 0.6 is 0 Å². The van der Waals surface area contributed by atoms with Gasteiger partial charge in [0, 0.05) is 18.3 Å². The Hall–Kier alpha value is -2.07. The number of methoxy groups -OCH3 is 1. The molecule has 20 heavy (non-hydrogen) atoms. The van der Waals surface area contributed by atoms with E-state index in [1.807, 2.05) is 36.4 Å². The van der Waals surface area contributed by atoms with Gasteiger partial charge < -0.3 is 14.8 Å². The Kier molecular flexibility index (Phi) is 5.38. The van der Waals surface area contributed by atoms with Crippen molar-refractivity contribution in [3.63, 3.8) is 0 Å². The third-order valence-corrected chi connectivity index (χ3v) is 2.87. The topological polar surface area (TPSA) is 43.4 Å². The molecule has 0 atom stereocenters. The average Bonchev–Trinajstić information content (AvgIpc) is 2.50. The molecule has 2 aromatic rings. The third kappa shape index (κ3) is 3.96. The van der Waals surface area contributed by atoms with E-state index in [4.69, 9.17) is 9.47 Å². The molecule has 0 aliphatic heterocycles. The quantitative estimate of drug-likeness (QED) is 0.785. The van der Waals surface area contributed by atoms with Gasteiger partial charge >= 0.3 is 0 Å². The fourth-order valence-electron chi connectivity index (χ4n) is 1.81. The number of benzene rings is 1. The summed E-state index contributed by atoms with van der Waals surface area (Å²) in [7, 11) is 1.64. The van der Waals surface area contributed by atoms with E-state index in [9.17, 15) is 0 Å². The van der Waals surface area contributed by atoms with Crippen LogP contribution < -0.4 is 14.8 Å². The lowest BCUT2D eigenvalue weighted by Gasteiger charge is -2.10. The SMILES string of the molecule is CCCNCc1cccnc1Oc1ccc(OC)cc1. The van der Waals surface area contributed by atoms with Gasteiger partial charge in [-0.15, -0.1) is 0 Å². The second-order valence-corrected chi connectivity index (χ2v) is 4.42. The zero-order chi connectivity index (χ0) is 14.2. The van der Waals surface area contributed by atoms with Gasteiger partial charge in [0.25, 0.3) is 0 Å². The summed E-state index contributed by atoms with van der Waals surface area (Å²) < 4.78 is 11.0. The van der Waals surface area contributed by atoms with Crippen molar-refractivity contribution in [1.29, 1.82) is 0 Å². The second kappa shape index (κ2) is 7.50. The highest BCUT2D eigenvalue weighted by molar-refractivity contribution is 5.35. The van der Waals surface area contributed by atoms with Crippen molar-refractivity contribution in [2.75, 3.05) is 13.7 Å². The normalized spacial score (nSPS) is 10.3. The lowest BCUT2D eigenvalue weighted by molar-refractivity contribution is 0.411. The van der Waals surface area contributed by atoms with Crippen molar-refractivity contribution in [3.05, 3.63) is 48.2 Å². The van der Waals surface area contributed by atoms with Crippen LogP contribution in [0.1, 0.15) is 18.9 Å². The predicted octanol–water partition coefficient (Wildman–Crippen LogP) is 3.38. The van der Waals surface area contributed by atoms with Crippen LogP contribution in [0.15, 0.2) is 42.6 Å². The molecule has 1 aromatic heterocycles. The molecule has 0 bridgehead atoms. The molecule has 0 saturated carbocycles. The van der Waals surface area contributed by atoms with E-state index < -0.39 is 0 Å². The Morgan fingerprint density at radius 2 is 1.85 bits per heavy atom. The van der Waals surface area contributed by atoms with Crippen LogP contribution in [0, 0.1) is 0 Å². The summed E-state index contributed by atoms with van der Waals surface area (Å²) in [5.74, 6) is 2.20. The fourth-order valence-corrected chi connectivity index (χ4v) is 1.81. The van der Waals surface area contributed by atoms with Gasteiger partial charge in [-0.05, 0) is 43.3 Å². The third-order valence-electron chi connectivity index (χ3n) is 2.87. The van der Waals surface area contributed by atoms with Crippen molar-refractivity contribution >= 4 is 0 Å². The Morgan fingerprint density at radius 3 is 2.55 bits per heavy atom. The molecule has 0 spiro atoms. The highest BCUT2D eigenvalue weighted by Crippen LogP contribution is 2.24. The first-order valence-corrected chi connectivity index (χ1v) is 6.80. The monoisotopic (exact) mass is 272 g/mol. The standard InChI is InChI=1S/C16H20N2O2/c1-3-10-17-12-13-5-4-11-18-16(13)20-15-8-6-14(19-2)7-9-15/h4-9,11,17H,3,10,12H2,1-2H3. The van der Waals surface area contributed by atoms with Gasteiger partial charge in [0.15, 0.2) is 0 Å². The largest absolute Gasteiger partial charge is 0.497 e. The summed E-state index contributed by atoms with van der Waals surface area (Å²) in [5, 5.41) is 3.36. The van der Waals surface area contributed by atoms with E-state index in [1.54, 1.807) is 13.3 Å². The van der Waals surface area contributed by atoms with Crippen LogP contribution in [0.4, 0.5) is 0 Å². The Bertz CT molecular complexity index is 526. The molecule has 0 aliphatic carbocycles. The van der Waals surface area contributed by atoms with Crippen molar-refractivity contribution in [3.8, 4) is 17.4 Å². The number of hydrogen-bond acceptors (Lipinski definition) is 4. The van der Waals surface area contributed by atoms with Crippen molar-refractivity contribution < 1.29 is 9.47 Å². The first-order chi connectivity index (χ1) is 9.83. The maximum absolute atomic E-state index is 5.83. The number of aromatic nitrogens is 1. The number of nitrogens with one attached hydrogen (secondary N) is 1. The highest BCUT2D eigenvalue weighted by Gasteiger charge is 2.05. The Morgan fingerprint density at radius 1 is 1.10 bits per heavy atom. The first-order valence-electron chi connectivity index (χ1n) is 6.80. The molecule has 0 unspecified atom stereocenters. The Labute approximate surface area is 119 Å². The number of nitrogens with zero attached hydrogens (tertiary/aromatic N) is 1. The van der Waals surface area contributed by atoms with Gasteiger partial charge in [-0.3, -0.25) is 0 Å². The van der Waals surface area contributed by atoms with Crippen LogP contribution in [0.25, 0.3) is 0 Å². The van der Waals surface area contributed by atoms with Crippen LogP contribution in [0.3, 0.4) is 0 Å². The fraction of sp³-hybridized carbons (Fsp3) is 0.312. The van der Waals surface area contributed by atoms with Crippen molar-refractivity contribution in [2.24, 2.45) is 0 Å². The average molecular weight is 272 g/mol. The van der Waals surface area contributed by atoms with Gasteiger partial charge in [0.2, 0.25) is 5.88 Å². The molecule has 4 heteroatoms. The summed E-state index contributed by atoms with van der Waals surface area (Å²) in [6, 6.07) is 11.4. The van der Waals surface area contributed by atoms with Crippen molar-refractivity contribution in [2.45, 2.75) is 19.9 Å². The molecule has 0 amide bonds. The summed E-state index contributed by atoms with van der Waals surface area (Å²) in [6.45, 7) is 3.88. The van der Waals surface area contributed by atoms with E-state index in [2.05, 4.69) is 17.2 Å². The van der Waals surface area contributed by atoms with Crippen LogP contribution in [-0.2, 0) is 6.54 Å². The molecule has 2 rings (SSSR count). The zero-order valence-electron chi connectivity index (χ0n) is 11.9. The smallest absolute Gasteiger partial charge is 0.223 e. The van der Waals surface area contributed by atoms with Crippen LogP contribution in [0.2, 0.25) is 0 Å². The first kappa shape index (κ1) is 14.3.